The molecule has 2 aromatic carbocycles. The van der Waals surface area contributed by atoms with Gasteiger partial charge in [-0.05, 0) is 78.3 Å². The Morgan fingerprint density at radius 1 is 1.15 bits per heavy atom. The summed E-state index contributed by atoms with van der Waals surface area (Å²) in [5.74, 6) is 0.742. The van der Waals surface area contributed by atoms with E-state index in [4.69, 9.17) is 16.3 Å². The van der Waals surface area contributed by atoms with Crippen molar-refractivity contribution in [3.63, 3.8) is 0 Å². The quantitative estimate of drug-likeness (QED) is 0.316. The average Bonchev–Trinajstić information content (AvgIpc) is 3.59. The van der Waals surface area contributed by atoms with Gasteiger partial charge in [0.15, 0.2) is 0 Å². The third-order valence-electron chi connectivity index (χ3n) is 7.99. The summed E-state index contributed by atoms with van der Waals surface area (Å²) in [6.45, 7) is 1.54. The minimum atomic E-state index is -0.554. The van der Waals surface area contributed by atoms with Crippen LogP contribution in [0, 0.1) is 5.92 Å². The maximum absolute atomic E-state index is 14.1. The van der Waals surface area contributed by atoms with Gasteiger partial charge in [0.25, 0.3) is 0 Å². The van der Waals surface area contributed by atoms with Crippen LogP contribution in [0.3, 0.4) is 0 Å². The molecular formula is C31H32ClN5O3. The second-order valence-electron chi connectivity index (χ2n) is 10.6. The largest absolute Gasteiger partial charge is 0.497 e. The summed E-state index contributed by atoms with van der Waals surface area (Å²) >= 11 is 6.24. The summed E-state index contributed by atoms with van der Waals surface area (Å²) in [6.07, 6.45) is 5.71. The zero-order valence-electron chi connectivity index (χ0n) is 22.3. The molecule has 1 fully saturated rings. The summed E-state index contributed by atoms with van der Waals surface area (Å²) in [7, 11) is 1.65. The number of benzene rings is 2. The second-order valence-corrected chi connectivity index (χ2v) is 11.1. The molecule has 4 heterocycles. The number of hydrogen-bond acceptors (Lipinski definition) is 5. The number of halogens is 1. The molecule has 6 rings (SSSR count). The van der Waals surface area contributed by atoms with Gasteiger partial charge in [-0.3, -0.25) is 14.6 Å². The summed E-state index contributed by atoms with van der Waals surface area (Å²) in [4.78, 5) is 36.9. The Bertz CT molecular complexity index is 1500. The Morgan fingerprint density at radius 2 is 2.00 bits per heavy atom. The number of amides is 2. The van der Waals surface area contributed by atoms with Crippen molar-refractivity contribution in [2.45, 2.75) is 37.9 Å². The number of methoxy groups -OCH3 is 1. The molecule has 0 aliphatic carbocycles. The number of aromatic amines is 1. The van der Waals surface area contributed by atoms with Gasteiger partial charge >= 0.3 is 0 Å². The van der Waals surface area contributed by atoms with E-state index in [-0.39, 0.29) is 17.7 Å². The maximum atomic E-state index is 14.1. The van der Waals surface area contributed by atoms with Crippen molar-refractivity contribution >= 4 is 34.3 Å². The van der Waals surface area contributed by atoms with E-state index in [1.165, 1.54) is 0 Å². The fourth-order valence-electron chi connectivity index (χ4n) is 6.01. The zero-order valence-corrected chi connectivity index (χ0v) is 23.1. The van der Waals surface area contributed by atoms with Crippen molar-refractivity contribution in [1.29, 1.82) is 0 Å². The molecule has 3 atom stereocenters. The molecule has 206 valence electrons. The predicted octanol–water partition coefficient (Wildman–Crippen LogP) is 4.19. The fourth-order valence-corrected chi connectivity index (χ4v) is 6.20. The third kappa shape index (κ3) is 5.42. The van der Waals surface area contributed by atoms with Crippen LogP contribution in [0.1, 0.15) is 34.8 Å². The standard InChI is InChI=1S/C31H32ClN5O3/c1-40-25-5-2-19(3-6-25)12-20-13-28(30(38)35-17-24-15-22-16-33-10-9-27(22)36-24)37(18-20)31(39)29-26-7-4-23(32)14-21(26)8-11-34-29/h2-7,9-10,14-16,20,28-29,34,36H,8,11-13,17-18H2,1H3,(H,35,38)/t20-,28+,29?/m1/s1. The molecule has 0 saturated carbocycles. The fraction of sp³-hybridized carbons (Fsp3) is 0.323. The summed E-state index contributed by atoms with van der Waals surface area (Å²) in [6, 6.07) is 16.5. The molecule has 4 aromatic rings. The first kappa shape index (κ1) is 26.3. The van der Waals surface area contributed by atoms with Gasteiger partial charge in [-0.15, -0.1) is 0 Å². The van der Waals surface area contributed by atoms with E-state index < -0.39 is 12.1 Å². The van der Waals surface area contributed by atoms with Crippen LogP contribution in [0.15, 0.2) is 67.0 Å². The van der Waals surface area contributed by atoms with E-state index in [2.05, 4.69) is 20.6 Å². The van der Waals surface area contributed by atoms with Crippen LogP contribution in [-0.4, -0.2) is 52.9 Å². The molecule has 0 bridgehead atoms. The first-order valence-electron chi connectivity index (χ1n) is 13.6. The summed E-state index contributed by atoms with van der Waals surface area (Å²) < 4.78 is 5.29. The highest BCUT2D eigenvalue weighted by Gasteiger charge is 2.42. The van der Waals surface area contributed by atoms with E-state index in [9.17, 15) is 9.59 Å². The number of nitrogens with zero attached hydrogens (tertiary/aromatic N) is 2. The zero-order chi connectivity index (χ0) is 27.6. The van der Waals surface area contributed by atoms with Gasteiger partial charge < -0.3 is 25.3 Å². The monoisotopic (exact) mass is 557 g/mol. The van der Waals surface area contributed by atoms with Crippen LogP contribution in [0.4, 0.5) is 0 Å². The number of nitrogens with one attached hydrogen (secondary N) is 3. The molecular weight excluding hydrogens is 526 g/mol. The van der Waals surface area contributed by atoms with Crippen LogP contribution in [0.25, 0.3) is 10.9 Å². The summed E-state index contributed by atoms with van der Waals surface area (Å²) in [5.41, 5.74) is 5.03. The molecule has 0 radical (unpaired) electrons. The lowest BCUT2D eigenvalue weighted by molar-refractivity contribution is -0.140. The Balaban J connectivity index is 1.22. The molecule has 2 aromatic heterocycles. The van der Waals surface area contributed by atoms with Crippen molar-refractivity contribution in [2.24, 2.45) is 5.92 Å². The third-order valence-corrected chi connectivity index (χ3v) is 8.23. The number of hydrogen-bond donors (Lipinski definition) is 3. The highest BCUT2D eigenvalue weighted by atomic mass is 35.5. The minimum Gasteiger partial charge on any atom is -0.497 e. The van der Waals surface area contributed by atoms with Crippen LogP contribution in [0.5, 0.6) is 5.75 Å². The van der Waals surface area contributed by atoms with Crippen LogP contribution >= 0.6 is 11.6 Å². The number of likely N-dealkylation sites (tertiary alicyclic amines) is 1. The van der Waals surface area contributed by atoms with Gasteiger partial charge in [0.1, 0.15) is 17.8 Å². The number of ether oxygens (including phenoxy) is 1. The Labute approximate surface area is 238 Å². The van der Waals surface area contributed by atoms with Crippen molar-refractivity contribution < 1.29 is 14.3 Å². The molecule has 1 unspecified atom stereocenters. The van der Waals surface area contributed by atoms with Gasteiger partial charge in [-0.25, -0.2) is 0 Å². The first-order valence-corrected chi connectivity index (χ1v) is 14.0. The van der Waals surface area contributed by atoms with Gasteiger partial charge in [0.05, 0.1) is 13.7 Å². The smallest absolute Gasteiger partial charge is 0.245 e. The normalized spacial score (nSPS) is 20.4. The van der Waals surface area contributed by atoms with Gasteiger partial charge in [0.2, 0.25) is 11.8 Å². The topological polar surface area (TPSA) is 99.3 Å². The number of rotatable bonds is 7. The first-order chi connectivity index (χ1) is 19.5. The molecule has 8 nitrogen and oxygen atoms in total. The van der Waals surface area contributed by atoms with Crippen molar-refractivity contribution in [2.75, 3.05) is 20.2 Å². The van der Waals surface area contributed by atoms with Crippen LogP contribution < -0.4 is 15.4 Å². The van der Waals surface area contributed by atoms with E-state index in [0.29, 0.717) is 31.1 Å². The van der Waals surface area contributed by atoms with Crippen LogP contribution in [-0.2, 0) is 29.0 Å². The summed E-state index contributed by atoms with van der Waals surface area (Å²) in [5, 5.41) is 8.12. The van der Waals surface area contributed by atoms with E-state index >= 15 is 0 Å². The molecule has 40 heavy (non-hydrogen) atoms. The molecule has 0 spiro atoms. The molecule has 2 aliphatic rings. The Kier molecular flexibility index (Phi) is 7.45. The lowest BCUT2D eigenvalue weighted by Gasteiger charge is -2.32. The molecule has 2 amide bonds. The number of pyridine rings is 1. The van der Waals surface area contributed by atoms with E-state index in [1.807, 2.05) is 54.6 Å². The molecule has 3 N–H and O–H groups in total. The van der Waals surface area contributed by atoms with E-state index in [0.717, 1.165) is 51.9 Å². The SMILES string of the molecule is COc1ccc(C[C@@H]2C[C@@H](C(=O)NCc3cc4cnccc4[nH]3)N(C(=O)C3NCCc4cc(Cl)ccc43)C2)cc1. The highest BCUT2D eigenvalue weighted by Crippen LogP contribution is 2.33. The lowest BCUT2D eigenvalue weighted by Crippen LogP contribution is -2.50. The number of carbonyl (C=O) groups excluding carboxylic acids is 2. The predicted molar refractivity (Wildman–Crippen MR) is 154 cm³/mol. The second kappa shape index (κ2) is 11.3. The van der Waals surface area contributed by atoms with Gasteiger partial charge in [0, 0.05) is 47.1 Å². The van der Waals surface area contributed by atoms with Crippen molar-refractivity contribution in [3.05, 3.63) is 94.4 Å². The van der Waals surface area contributed by atoms with Crippen molar-refractivity contribution in [3.8, 4) is 5.75 Å². The lowest BCUT2D eigenvalue weighted by atomic mass is 9.93. The number of aromatic nitrogens is 2. The molecule has 2 aliphatic heterocycles. The number of carbonyl (C=O) groups is 2. The molecule has 9 heteroatoms. The number of fused-ring (bicyclic) bond motifs is 2. The molecule has 1 saturated heterocycles. The average molecular weight is 558 g/mol. The minimum absolute atomic E-state index is 0.0719. The Hall–Kier alpha value is -3.88. The van der Waals surface area contributed by atoms with Crippen LogP contribution in [0.2, 0.25) is 5.02 Å². The van der Waals surface area contributed by atoms with Gasteiger partial charge in [-0.2, -0.15) is 0 Å². The van der Waals surface area contributed by atoms with E-state index in [1.54, 1.807) is 24.4 Å². The van der Waals surface area contributed by atoms with Gasteiger partial charge in [-0.1, -0.05) is 29.8 Å². The highest BCUT2D eigenvalue weighted by molar-refractivity contribution is 6.30. The maximum Gasteiger partial charge on any atom is 0.245 e. The number of H-pyrrole nitrogens is 1. The Morgan fingerprint density at radius 3 is 2.80 bits per heavy atom. The van der Waals surface area contributed by atoms with Crippen molar-refractivity contribution in [1.82, 2.24) is 25.5 Å².